The van der Waals surface area contributed by atoms with Crippen LogP contribution in [0.2, 0.25) is 0 Å². The second kappa shape index (κ2) is 6.05. The highest BCUT2D eigenvalue weighted by atomic mass is 16.2. The number of nitrogens with zero attached hydrogens (tertiary/aromatic N) is 3. The number of imidazole rings is 1. The summed E-state index contributed by atoms with van der Waals surface area (Å²) in [6.07, 6.45) is 6.90. The van der Waals surface area contributed by atoms with Crippen LogP contribution in [0.1, 0.15) is 26.3 Å². The topological polar surface area (TPSA) is 85.8 Å². The number of pyridine rings is 1. The van der Waals surface area contributed by atoms with E-state index < -0.39 is 6.04 Å². The largest absolute Gasteiger partial charge is 0.351 e. The summed E-state index contributed by atoms with van der Waals surface area (Å²) in [6.45, 7) is 6.26. The molecule has 1 amide bonds. The summed E-state index contributed by atoms with van der Waals surface area (Å²) >= 11 is 0. The van der Waals surface area contributed by atoms with E-state index in [1.165, 1.54) is 0 Å². The monoisotopic (exact) mass is 287 g/mol. The van der Waals surface area contributed by atoms with Gasteiger partial charge in [0.05, 0.1) is 6.04 Å². The Morgan fingerprint density at radius 2 is 2.19 bits per heavy atom. The van der Waals surface area contributed by atoms with Crippen LogP contribution in [0.5, 0.6) is 0 Å². The second-order valence-corrected chi connectivity index (χ2v) is 6.05. The van der Waals surface area contributed by atoms with Crippen molar-refractivity contribution >= 4 is 5.91 Å². The van der Waals surface area contributed by atoms with Crippen molar-refractivity contribution in [1.29, 1.82) is 0 Å². The summed E-state index contributed by atoms with van der Waals surface area (Å²) in [4.78, 5) is 20.3. The summed E-state index contributed by atoms with van der Waals surface area (Å²) < 4.78 is 1.81. The fourth-order valence-electron chi connectivity index (χ4n) is 1.80. The lowest BCUT2D eigenvalue weighted by Crippen LogP contribution is -2.48. The molecule has 2 heterocycles. The SMILES string of the molecule is CC(C)(C)[C@H](N)C(=O)NCc1ccnc(-n2ccnc2)c1. The Morgan fingerprint density at radius 3 is 2.81 bits per heavy atom. The van der Waals surface area contributed by atoms with Crippen molar-refractivity contribution in [1.82, 2.24) is 19.9 Å². The Bertz CT molecular complexity index is 601. The minimum absolute atomic E-state index is 0.150. The van der Waals surface area contributed by atoms with Crippen molar-refractivity contribution in [3.63, 3.8) is 0 Å². The maximum atomic E-state index is 12.0. The molecule has 21 heavy (non-hydrogen) atoms. The molecule has 2 aromatic rings. The number of amides is 1. The van der Waals surface area contributed by atoms with Gasteiger partial charge in [-0.25, -0.2) is 9.97 Å². The fourth-order valence-corrected chi connectivity index (χ4v) is 1.80. The van der Waals surface area contributed by atoms with Crippen molar-refractivity contribution in [2.45, 2.75) is 33.4 Å². The third kappa shape index (κ3) is 3.88. The van der Waals surface area contributed by atoms with Crippen LogP contribution in [-0.2, 0) is 11.3 Å². The van der Waals surface area contributed by atoms with Gasteiger partial charge in [-0.2, -0.15) is 0 Å². The summed E-state index contributed by atoms with van der Waals surface area (Å²) in [5.41, 5.74) is 6.63. The first kappa shape index (κ1) is 15.2. The van der Waals surface area contributed by atoms with Crippen LogP contribution in [0.15, 0.2) is 37.1 Å². The number of rotatable bonds is 4. The number of hydrogen-bond acceptors (Lipinski definition) is 4. The molecule has 0 saturated heterocycles. The second-order valence-electron chi connectivity index (χ2n) is 6.05. The lowest BCUT2D eigenvalue weighted by Gasteiger charge is -2.25. The third-order valence-electron chi connectivity index (χ3n) is 3.26. The van der Waals surface area contributed by atoms with Crippen LogP contribution in [0, 0.1) is 5.41 Å². The first-order valence-electron chi connectivity index (χ1n) is 6.84. The molecular formula is C15H21N5O. The van der Waals surface area contributed by atoms with Crippen molar-refractivity contribution in [3.8, 4) is 5.82 Å². The van der Waals surface area contributed by atoms with Crippen molar-refractivity contribution in [3.05, 3.63) is 42.6 Å². The summed E-state index contributed by atoms with van der Waals surface area (Å²) in [6, 6.07) is 3.24. The quantitative estimate of drug-likeness (QED) is 0.886. The lowest BCUT2D eigenvalue weighted by atomic mass is 9.87. The molecule has 0 unspecified atom stereocenters. The Labute approximate surface area is 124 Å². The number of carbonyl (C=O) groups excluding carboxylic acids is 1. The van der Waals surface area contributed by atoms with Gasteiger partial charge < -0.3 is 11.1 Å². The fraction of sp³-hybridized carbons (Fsp3) is 0.400. The van der Waals surface area contributed by atoms with Gasteiger partial charge in [-0.1, -0.05) is 20.8 Å². The standard InChI is InChI=1S/C15H21N5O/c1-15(2,3)13(16)14(21)19-9-11-4-5-18-12(8-11)20-7-6-17-10-20/h4-8,10,13H,9,16H2,1-3H3,(H,19,21)/t13-/m1/s1. The van der Waals surface area contributed by atoms with E-state index in [0.29, 0.717) is 6.54 Å². The van der Waals surface area contributed by atoms with E-state index in [9.17, 15) is 4.79 Å². The van der Waals surface area contributed by atoms with Crippen molar-refractivity contribution < 1.29 is 4.79 Å². The summed E-state index contributed by atoms with van der Waals surface area (Å²) in [5, 5.41) is 2.86. The molecule has 0 spiro atoms. The first-order chi connectivity index (χ1) is 9.88. The van der Waals surface area contributed by atoms with Crippen LogP contribution in [0.25, 0.3) is 5.82 Å². The van der Waals surface area contributed by atoms with Gasteiger partial charge in [0.25, 0.3) is 0 Å². The molecule has 0 radical (unpaired) electrons. The van der Waals surface area contributed by atoms with Crippen LogP contribution in [0.3, 0.4) is 0 Å². The Morgan fingerprint density at radius 1 is 1.43 bits per heavy atom. The zero-order valence-electron chi connectivity index (χ0n) is 12.6. The lowest BCUT2D eigenvalue weighted by molar-refractivity contribution is -0.124. The van der Waals surface area contributed by atoms with Gasteiger partial charge in [0.15, 0.2) is 0 Å². The minimum atomic E-state index is -0.535. The molecule has 0 bridgehead atoms. The number of carbonyl (C=O) groups is 1. The number of nitrogens with two attached hydrogens (primary N) is 1. The predicted molar refractivity (Wildman–Crippen MR) is 80.6 cm³/mol. The van der Waals surface area contributed by atoms with Crippen LogP contribution >= 0.6 is 0 Å². The number of aromatic nitrogens is 3. The zero-order valence-corrected chi connectivity index (χ0v) is 12.6. The van der Waals surface area contributed by atoms with Gasteiger partial charge in [-0.3, -0.25) is 9.36 Å². The molecule has 6 heteroatoms. The molecule has 3 N–H and O–H groups in total. The number of nitrogens with one attached hydrogen (secondary N) is 1. The Kier molecular flexibility index (Phi) is 4.37. The Hall–Kier alpha value is -2.21. The van der Waals surface area contributed by atoms with Crippen LogP contribution in [0.4, 0.5) is 0 Å². The molecule has 2 rings (SSSR count). The molecule has 0 aliphatic heterocycles. The molecule has 112 valence electrons. The summed E-state index contributed by atoms with van der Waals surface area (Å²) in [7, 11) is 0. The van der Waals surface area contributed by atoms with Crippen molar-refractivity contribution in [2.24, 2.45) is 11.1 Å². The maximum Gasteiger partial charge on any atom is 0.237 e. The normalized spacial score (nSPS) is 13.0. The molecule has 0 saturated carbocycles. The predicted octanol–water partition coefficient (Wildman–Crippen LogP) is 1.26. The van der Waals surface area contributed by atoms with Crippen LogP contribution < -0.4 is 11.1 Å². The van der Waals surface area contributed by atoms with E-state index in [2.05, 4.69) is 15.3 Å². The molecule has 0 aromatic carbocycles. The van der Waals surface area contributed by atoms with E-state index in [-0.39, 0.29) is 11.3 Å². The smallest absolute Gasteiger partial charge is 0.237 e. The van der Waals surface area contributed by atoms with Gasteiger partial charge >= 0.3 is 0 Å². The van der Waals surface area contributed by atoms with Gasteiger partial charge in [-0.05, 0) is 23.1 Å². The average Bonchev–Trinajstić information content (AvgIpc) is 2.97. The molecular weight excluding hydrogens is 266 g/mol. The van der Waals surface area contributed by atoms with Gasteiger partial charge in [0.1, 0.15) is 12.1 Å². The van der Waals surface area contributed by atoms with Crippen molar-refractivity contribution in [2.75, 3.05) is 0 Å². The highest BCUT2D eigenvalue weighted by Crippen LogP contribution is 2.17. The molecule has 1 atom stereocenters. The summed E-state index contributed by atoms with van der Waals surface area (Å²) in [5.74, 6) is 0.614. The van der Waals surface area contributed by atoms with Crippen LogP contribution in [-0.4, -0.2) is 26.5 Å². The minimum Gasteiger partial charge on any atom is -0.351 e. The highest BCUT2D eigenvalue weighted by molar-refractivity contribution is 5.82. The number of hydrogen-bond donors (Lipinski definition) is 2. The van der Waals surface area contributed by atoms with Gasteiger partial charge in [0.2, 0.25) is 5.91 Å². The first-order valence-corrected chi connectivity index (χ1v) is 6.84. The van der Waals surface area contributed by atoms with Gasteiger partial charge in [0, 0.05) is 25.1 Å². The van der Waals surface area contributed by atoms with Gasteiger partial charge in [-0.15, -0.1) is 0 Å². The van der Waals surface area contributed by atoms with E-state index in [1.807, 2.05) is 43.7 Å². The zero-order chi connectivity index (χ0) is 15.5. The maximum absolute atomic E-state index is 12.0. The molecule has 0 aliphatic rings. The molecule has 2 aromatic heterocycles. The van der Waals surface area contributed by atoms with E-state index >= 15 is 0 Å². The molecule has 0 aliphatic carbocycles. The van der Waals surface area contributed by atoms with E-state index in [1.54, 1.807) is 18.7 Å². The van der Waals surface area contributed by atoms with E-state index in [4.69, 9.17) is 5.73 Å². The molecule has 6 nitrogen and oxygen atoms in total. The third-order valence-corrected chi connectivity index (χ3v) is 3.26. The average molecular weight is 287 g/mol. The highest BCUT2D eigenvalue weighted by Gasteiger charge is 2.27. The van der Waals surface area contributed by atoms with E-state index in [0.717, 1.165) is 11.4 Å². The Balaban J connectivity index is 2.01. The molecule has 0 fully saturated rings.